The topological polar surface area (TPSA) is 58.4 Å². The number of likely N-dealkylation sites (tertiary alicyclic amines) is 1. The third-order valence-corrected chi connectivity index (χ3v) is 3.59. The van der Waals surface area contributed by atoms with Crippen molar-refractivity contribution < 1.29 is 4.79 Å². The van der Waals surface area contributed by atoms with Crippen LogP contribution >= 0.6 is 0 Å². The lowest BCUT2D eigenvalue weighted by atomic mass is 10.0. The predicted octanol–water partition coefficient (Wildman–Crippen LogP) is 1.75. The van der Waals surface area contributed by atoms with Crippen molar-refractivity contribution in [2.24, 2.45) is 5.73 Å². The Balaban J connectivity index is 1.85. The van der Waals surface area contributed by atoms with Crippen molar-refractivity contribution in [2.45, 2.75) is 38.8 Å². The molecule has 1 saturated heterocycles. The molecule has 4 nitrogen and oxygen atoms in total. The smallest absolute Gasteiger partial charge is 0.239 e. The van der Waals surface area contributed by atoms with Gasteiger partial charge in [0, 0.05) is 24.8 Å². The molecule has 1 aromatic rings. The number of aryl methyl sites for hydroxylation is 1. The lowest BCUT2D eigenvalue weighted by molar-refractivity contribution is -0.133. The van der Waals surface area contributed by atoms with Gasteiger partial charge in [-0.15, -0.1) is 0 Å². The Morgan fingerprint density at radius 3 is 2.68 bits per heavy atom. The van der Waals surface area contributed by atoms with Gasteiger partial charge >= 0.3 is 0 Å². The summed E-state index contributed by atoms with van der Waals surface area (Å²) < 4.78 is 0. The fourth-order valence-corrected chi connectivity index (χ4v) is 2.50. The zero-order chi connectivity index (χ0) is 13.8. The lowest BCUT2D eigenvalue weighted by Crippen LogP contribution is -2.48. The van der Waals surface area contributed by atoms with E-state index in [0.29, 0.717) is 6.04 Å². The van der Waals surface area contributed by atoms with Gasteiger partial charge in [-0.3, -0.25) is 4.79 Å². The fourth-order valence-electron chi connectivity index (χ4n) is 2.50. The van der Waals surface area contributed by atoms with Crippen molar-refractivity contribution in [3.8, 4) is 0 Å². The second kappa shape index (κ2) is 6.06. The standard InChI is InChI=1S/C15H23N3O/c1-11-4-3-5-14(10-11)17-13-6-8-18(9-7-13)15(19)12(2)16/h3-5,10,12-13,17H,6-9,16H2,1-2H3. The van der Waals surface area contributed by atoms with Crippen molar-refractivity contribution in [3.05, 3.63) is 29.8 Å². The summed E-state index contributed by atoms with van der Waals surface area (Å²) in [6.07, 6.45) is 1.96. The van der Waals surface area contributed by atoms with E-state index in [9.17, 15) is 4.79 Å². The van der Waals surface area contributed by atoms with Gasteiger partial charge < -0.3 is 16.0 Å². The summed E-state index contributed by atoms with van der Waals surface area (Å²) in [5, 5.41) is 3.54. The van der Waals surface area contributed by atoms with Crippen LogP contribution in [0.25, 0.3) is 0 Å². The van der Waals surface area contributed by atoms with Gasteiger partial charge in [0.15, 0.2) is 0 Å². The molecule has 104 valence electrons. The zero-order valence-electron chi connectivity index (χ0n) is 11.7. The van der Waals surface area contributed by atoms with Gasteiger partial charge in [-0.25, -0.2) is 0 Å². The van der Waals surface area contributed by atoms with Gasteiger partial charge in [0.1, 0.15) is 0 Å². The molecule has 1 heterocycles. The number of benzene rings is 1. The van der Waals surface area contributed by atoms with E-state index in [1.54, 1.807) is 6.92 Å². The molecule has 1 amide bonds. The van der Waals surface area contributed by atoms with E-state index in [-0.39, 0.29) is 11.9 Å². The molecule has 0 spiro atoms. The van der Waals surface area contributed by atoms with Crippen molar-refractivity contribution in [1.29, 1.82) is 0 Å². The van der Waals surface area contributed by atoms with Crippen molar-refractivity contribution in [2.75, 3.05) is 18.4 Å². The zero-order valence-corrected chi connectivity index (χ0v) is 11.7. The molecular weight excluding hydrogens is 238 g/mol. The number of hydrogen-bond acceptors (Lipinski definition) is 3. The quantitative estimate of drug-likeness (QED) is 0.871. The Hall–Kier alpha value is -1.55. The highest BCUT2D eigenvalue weighted by atomic mass is 16.2. The van der Waals surface area contributed by atoms with Crippen LogP contribution in [-0.4, -0.2) is 36.0 Å². The number of nitrogens with two attached hydrogens (primary N) is 1. The summed E-state index contributed by atoms with van der Waals surface area (Å²) in [5.41, 5.74) is 8.06. The number of anilines is 1. The maximum Gasteiger partial charge on any atom is 0.239 e. The van der Waals surface area contributed by atoms with E-state index >= 15 is 0 Å². The molecule has 3 N–H and O–H groups in total. The van der Waals surface area contributed by atoms with E-state index < -0.39 is 0 Å². The van der Waals surface area contributed by atoms with Crippen LogP contribution in [-0.2, 0) is 4.79 Å². The van der Waals surface area contributed by atoms with Gasteiger partial charge in [0.05, 0.1) is 6.04 Å². The van der Waals surface area contributed by atoms with Crippen molar-refractivity contribution >= 4 is 11.6 Å². The number of nitrogens with one attached hydrogen (secondary N) is 1. The largest absolute Gasteiger partial charge is 0.382 e. The molecule has 1 aromatic carbocycles. The second-order valence-corrected chi connectivity index (χ2v) is 5.40. The molecule has 1 aliphatic rings. The first-order valence-electron chi connectivity index (χ1n) is 6.94. The Morgan fingerprint density at radius 1 is 1.42 bits per heavy atom. The van der Waals surface area contributed by atoms with Crippen LogP contribution in [0.3, 0.4) is 0 Å². The summed E-state index contributed by atoms with van der Waals surface area (Å²) in [4.78, 5) is 13.7. The van der Waals surface area contributed by atoms with E-state index in [2.05, 4.69) is 36.5 Å². The average molecular weight is 261 g/mol. The third-order valence-electron chi connectivity index (χ3n) is 3.59. The van der Waals surface area contributed by atoms with Gasteiger partial charge in [-0.2, -0.15) is 0 Å². The van der Waals surface area contributed by atoms with E-state index in [0.717, 1.165) is 31.6 Å². The monoisotopic (exact) mass is 261 g/mol. The van der Waals surface area contributed by atoms with E-state index in [1.807, 2.05) is 4.90 Å². The molecule has 0 saturated carbocycles. The van der Waals surface area contributed by atoms with Crippen LogP contribution in [0, 0.1) is 6.92 Å². The number of piperidine rings is 1. The van der Waals surface area contributed by atoms with Crippen LogP contribution in [0.2, 0.25) is 0 Å². The van der Waals surface area contributed by atoms with Crippen LogP contribution in [0.15, 0.2) is 24.3 Å². The minimum Gasteiger partial charge on any atom is -0.382 e. The summed E-state index contributed by atoms with van der Waals surface area (Å²) in [6.45, 7) is 5.43. The predicted molar refractivity (Wildman–Crippen MR) is 78.1 cm³/mol. The molecule has 2 rings (SSSR count). The maximum atomic E-state index is 11.8. The van der Waals surface area contributed by atoms with Gasteiger partial charge in [-0.05, 0) is 44.4 Å². The van der Waals surface area contributed by atoms with Gasteiger partial charge in [0.25, 0.3) is 0 Å². The van der Waals surface area contributed by atoms with Gasteiger partial charge in [0.2, 0.25) is 5.91 Å². The molecule has 19 heavy (non-hydrogen) atoms. The van der Waals surface area contributed by atoms with Crippen LogP contribution in [0.5, 0.6) is 0 Å². The summed E-state index contributed by atoms with van der Waals surface area (Å²) >= 11 is 0. The Labute approximate surface area is 115 Å². The summed E-state index contributed by atoms with van der Waals surface area (Å²) in [5.74, 6) is 0.0639. The first-order chi connectivity index (χ1) is 9.06. The Morgan fingerprint density at radius 2 is 2.11 bits per heavy atom. The Bertz CT molecular complexity index is 437. The number of carbonyl (C=O) groups is 1. The van der Waals surface area contributed by atoms with E-state index in [1.165, 1.54) is 5.56 Å². The minimum atomic E-state index is -0.388. The highest BCUT2D eigenvalue weighted by Crippen LogP contribution is 2.17. The van der Waals surface area contributed by atoms with Gasteiger partial charge in [-0.1, -0.05) is 12.1 Å². The van der Waals surface area contributed by atoms with E-state index in [4.69, 9.17) is 5.73 Å². The maximum absolute atomic E-state index is 11.8. The Kier molecular flexibility index (Phi) is 4.43. The number of hydrogen-bond donors (Lipinski definition) is 2. The molecule has 0 aromatic heterocycles. The number of nitrogens with zero attached hydrogens (tertiary/aromatic N) is 1. The number of rotatable bonds is 3. The van der Waals surface area contributed by atoms with Crippen molar-refractivity contribution in [1.82, 2.24) is 4.90 Å². The molecule has 1 fully saturated rings. The number of amides is 1. The summed E-state index contributed by atoms with van der Waals surface area (Å²) in [7, 11) is 0. The SMILES string of the molecule is Cc1cccc(NC2CCN(C(=O)C(C)N)CC2)c1. The van der Waals surface area contributed by atoms with Crippen LogP contribution in [0.4, 0.5) is 5.69 Å². The molecule has 1 unspecified atom stereocenters. The third kappa shape index (κ3) is 3.70. The van der Waals surface area contributed by atoms with Crippen LogP contribution in [0.1, 0.15) is 25.3 Å². The first-order valence-corrected chi connectivity index (χ1v) is 6.94. The normalized spacial score (nSPS) is 18.2. The fraction of sp³-hybridized carbons (Fsp3) is 0.533. The second-order valence-electron chi connectivity index (χ2n) is 5.40. The average Bonchev–Trinajstić information content (AvgIpc) is 2.39. The molecule has 1 aliphatic heterocycles. The highest BCUT2D eigenvalue weighted by molar-refractivity contribution is 5.81. The molecule has 0 radical (unpaired) electrons. The summed E-state index contributed by atoms with van der Waals surface area (Å²) in [6, 6.07) is 8.45. The number of carbonyl (C=O) groups excluding carboxylic acids is 1. The lowest BCUT2D eigenvalue weighted by Gasteiger charge is -2.33. The minimum absolute atomic E-state index is 0.0639. The molecular formula is C15H23N3O. The molecule has 1 atom stereocenters. The van der Waals surface area contributed by atoms with Crippen molar-refractivity contribution in [3.63, 3.8) is 0 Å². The molecule has 4 heteroatoms. The molecule has 0 aliphatic carbocycles. The van der Waals surface area contributed by atoms with Crippen LogP contribution < -0.4 is 11.1 Å². The molecule has 0 bridgehead atoms. The first kappa shape index (κ1) is 13.9. The highest BCUT2D eigenvalue weighted by Gasteiger charge is 2.24.